The van der Waals surface area contributed by atoms with Crippen molar-refractivity contribution in [3.63, 3.8) is 0 Å². The second-order valence-electron chi connectivity index (χ2n) is 6.88. The monoisotopic (exact) mass is 460 g/mol. The number of rotatable bonds is 7. The Kier molecular flexibility index (Phi) is 7.19. The quantitative estimate of drug-likeness (QED) is 0.419. The third kappa shape index (κ3) is 5.77. The summed E-state index contributed by atoms with van der Waals surface area (Å²) in [6.45, 7) is 1.82. The summed E-state index contributed by atoms with van der Waals surface area (Å²) >= 11 is 1.22. The maximum Gasteiger partial charge on any atom is 0.309 e. The number of hydrogen-bond donors (Lipinski definition) is 2. The lowest BCUT2D eigenvalue weighted by atomic mass is 10.1. The van der Waals surface area contributed by atoms with Crippen LogP contribution in [0.25, 0.3) is 0 Å². The Labute approximate surface area is 184 Å². The second-order valence-corrected chi connectivity index (χ2v) is 9.99. The second kappa shape index (κ2) is 9.84. The topological polar surface area (TPSA) is 92.3 Å². The molecule has 0 unspecified atom stereocenters. The van der Waals surface area contributed by atoms with E-state index >= 15 is 0 Å². The molecule has 1 aromatic heterocycles. The van der Waals surface area contributed by atoms with Gasteiger partial charge >= 0.3 is 11.8 Å². The van der Waals surface area contributed by atoms with Gasteiger partial charge in [0.1, 0.15) is 11.1 Å². The van der Waals surface area contributed by atoms with Crippen molar-refractivity contribution in [2.75, 3.05) is 6.54 Å². The van der Waals surface area contributed by atoms with E-state index in [-0.39, 0.29) is 18.0 Å². The van der Waals surface area contributed by atoms with Gasteiger partial charge in [0.2, 0.25) is 0 Å². The highest BCUT2D eigenvalue weighted by Gasteiger charge is 2.31. The minimum absolute atomic E-state index is 0.0645. The van der Waals surface area contributed by atoms with Crippen LogP contribution in [0, 0.1) is 12.7 Å². The SMILES string of the molecule is Cc1ccc(CNC(=O)C(=O)NC[C@H](c2cccs2)S(=O)(=O)c2ccc(F)cc2)cc1. The number of hydrogen-bond acceptors (Lipinski definition) is 5. The Balaban J connectivity index is 1.68. The van der Waals surface area contributed by atoms with Crippen molar-refractivity contribution in [1.82, 2.24) is 10.6 Å². The molecule has 6 nitrogen and oxygen atoms in total. The number of carbonyl (C=O) groups excluding carboxylic acids is 2. The lowest BCUT2D eigenvalue weighted by Gasteiger charge is -2.17. The van der Waals surface area contributed by atoms with E-state index < -0.39 is 32.7 Å². The van der Waals surface area contributed by atoms with Gasteiger partial charge in [-0.1, -0.05) is 35.9 Å². The Morgan fingerprint density at radius 1 is 0.968 bits per heavy atom. The molecule has 31 heavy (non-hydrogen) atoms. The highest BCUT2D eigenvalue weighted by Crippen LogP contribution is 2.31. The van der Waals surface area contributed by atoms with Gasteiger partial charge in [0.15, 0.2) is 9.84 Å². The van der Waals surface area contributed by atoms with E-state index in [2.05, 4.69) is 10.6 Å². The van der Waals surface area contributed by atoms with Crippen molar-refractivity contribution >= 4 is 33.0 Å². The van der Waals surface area contributed by atoms with Crippen LogP contribution in [-0.4, -0.2) is 26.8 Å². The number of halogens is 1. The number of amides is 2. The van der Waals surface area contributed by atoms with Crippen molar-refractivity contribution in [1.29, 1.82) is 0 Å². The third-order valence-corrected chi connectivity index (χ3v) is 7.84. The van der Waals surface area contributed by atoms with Crippen LogP contribution in [0.15, 0.2) is 70.9 Å². The lowest BCUT2D eigenvalue weighted by molar-refractivity contribution is -0.139. The number of nitrogens with one attached hydrogen (secondary N) is 2. The van der Waals surface area contributed by atoms with Gasteiger partial charge in [-0.05, 0) is 48.2 Å². The highest BCUT2D eigenvalue weighted by molar-refractivity contribution is 7.91. The molecule has 1 heterocycles. The van der Waals surface area contributed by atoms with Crippen LogP contribution in [0.4, 0.5) is 4.39 Å². The summed E-state index contributed by atoms with van der Waals surface area (Å²) in [4.78, 5) is 24.8. The number of benzene rings is 2. The maximum atomic E-state index is 13.2. The van der Waals surface area contributed by atoms with Crippen LogP contribution in [0.5, 0.6) is 0 Å². The van der Waals surface area contributed by atoms with Crippen LogP contribution in [0.1, 0.15) is 21.3 Å². The Morgan fingerprint density at radius 2 is 1.61 bits per heavy atom. The number of thiophene rings is 1. The summed E-state index contributed by atoms with van der Waals surface area (Å²) in [5.74, 6) is -2.34. The molecule has 2 amide bonds. The van der Waals surface area contributed by atoms with Crippen LogP contribution < -0.4 is 10.6 Å². The number of carbonyl (C=O) groups is 2. The summed E-state index contributed by atoms with van der Waals surface area (Å²) in [6, 6.07) is 15.3. The summed E-state index contributed by atoms with van der Waals surface area (Å²) in [7, 11) is -3.92. The van der Waals surface area contributed by atoms with E-state index in [4.69, 9.17) is 0 Å². The average molecular weight is 461 g/mol. The van der Waals surface area contributed by atoms with Gasteiger partial charge in [0.25, 0.3) is 0 Å². The molecule has 0 saturated carbocycles. The molecule has 2 N–H and O–H groups in total. The van der Waals surface area contributed by atoms with Gasteiger partial charge < -0.3 is 10.6 Å². The normalized spacial score (nSPS) is 12.2. The molecular weight excluding hydrogens is 439 g/mol. The molecule has 2 aromatic carbocycles. The fourth-order valence-electron chi connectivity index (χ4n) is 2.86. The molecular formula is C22H21FN2O4S2. The predicted molar refractivity (Wildman–Crippen MR) is 117 cm³/mol. The molecule has 0 aliphatic heterocycles. The zero-order valence-corrected chi connectivity index (χ0v) is 18.3. The molecule has 0 saturated heterocycles. The van der Waals surface area contributed by atoms with Gasteiger partial charge in [0, 0.05) is 18.0 Å². The van der Waals surface area contributed by atoms with Crippen LogP contribution in [0.3, 0.4) is 0 Å². The Morgan fingerprint density at radius 3 is 2.23 bits per heavy atom. The Bertz CT molecular complexity index is 1140. The van der Waals surface area contributed by atoms with Crippen molar-refractivity contribution < 1.29 is 22.4 Å². The van der Waals surface area contributed by atoms with Crippen molar-refractivity contribution in [2.45, 2.75) is 23.6 Å². The fourth-order valence-corrected chi connectivity index (χ4v) is 5.64. The molecule has 0 fully saturated rings. The first kappa shape index (κ1) is 22.6. The van der Waals surface area contributed by atoms with Crippen LogP contribution in [-0.2, 0) is 26.0 Å². The molecule has 0 aliphatic rings. The van der Waals surface area contributed by atoms with E-state index in [0.717, 1.165) is 23.3 Å². The van der Waals surface area contributed by atoms with Crippen molar-refractivity contribution in [3.05, 3.63) is 87.9 Å². The maximum absolute atomic E-state index is 13.2. The molecule has 3 rings (SSSR count). The van der Waals surface area contributed by atoms with E-state index in [1.807, 2.05) is 31.2 Å². The smallest absolute Gasteiger partial charge is 0.309 e. The number of sulfone groups is 1. The number of aryl methyl sites for hydroxylation is 1. The van der Waals surface area contributed by atoms with Crippen LogP contribution in [0.2, 0.25) is 0 Å². The summed E-state index contributed by atoms with van der Waals surface area (Å²) in [5.41, 5.74) is 1.91. The highest BCUT2D eigenvalue weighted by atomic mass is 32.2. The van der Waals surface area contributed by atoms with Crippen molar-refractivity contribution in [2.24, 2.45) is 0 Å². The van der Waals surface area contributed by atoms with Gasteiger partial charge in [-0.25, -0.2) is 12.8 Å². The molecule has 3 aromatic rings. The van der Waals surface area contributed by atoms with E-state index in [0.29, 0.717) is 4.88 Å². The zero-order valence-electron chi connectivity index (χ0n) is 16.7. The first-order chi connectivity index (χ1) is 14.8. The summed E-state index contributed by atoms with van der Waals surface area (Å²) in [6.07, 6.45) is 0. The molecule has 0 radical (unpaired) electrons. The minimum atomic E-state index is -3.92. The van der Waals surface area contributed by atoms with E-state index in [1.54, 1.807) is 17.5 Å². The van der Waals surface area contributed by atoms with Crippen LogP contribution >= 0.6 is 11.3 Å². The third-order valence-electron chi connectivity index (χ3n) is 4.61. The molecule has 0 aliphatic carbocycles. The minimum Gasteiger partial charge on any atom is -0.346 e. The largest absolute Gasteiger partial charge is 0.346 e. The molecule has 1 atom stereocenters. The van der Waals surface area contributed by atoms with Gasteiger partial charge in [-0.15, -0.1) is 11.3 Å². The molecule has 0 spiro atoms. The van der Waals surface area contributed by atoms with E-state index in [9.17, 15) is 22.4 Å². The first-order valence-corrected chi connectivity index (χ1v) is 11.8. The van der Waals surface area contributed by atoms with E-state index in [1.165, 1.54) is 23.5 Å². The van der Waals surface area contributed by atoms with Gasteiger partial charge in [0.05, 0.1) is 4.90 Å². The zero-order chi connectivity index (χ0) is 22.4. The predicted octanol–water partition coefficient (Wildman–Crippen LogP) is 3.14. The van der Waals surface area contributed by atoms with Gasteiger partial charge in [-0.2, -0.15) is 0 Å². The summed E-state index contributed by atoms with van der Waals surface area (Å²) < 4.78 is 39.4. The van der Waals surface area contributed by atoms with Gasteiger partial charge in [-0.3, -0.25) is 9.59 Å². The first-order valence-electron chi connectivity index (χ1n) is 9.42. The standard InChI is InChI=1S/C22H21FN2O4S2/c1-15-4-6-16(7-5-15)13-24-21(26)22(27)25-14-20(19-3-2-12-30-19)31(28,29)18-10-8-17(23)9-11-18/h2-12,20H,13-14H2,1H3,(H,24,26)(H,25,27)/t20-/m1/s1. The Hall–Kier alpha value is -3.04. The molecule has 162 valence electrons. The lowest BCUT2D eigenvalue weighted by Crippen LogP contribution is -2.42. The molecule has 0 bridgehead atoms. The summed E-state index contributed by atoms with van der Waals surface area (Å²) in [5, 5.41) is 5.54. The van der Waals surface area contributed by atoms with Crippen molar-refractivity contribution in [3.8, 4) is 0 Å². The fraction of sp³-hybridized carbons (Fsp3) is 0.182. The molecule has 9 heteroatoms. The average Bonchev–Trinajstić information content (AvgIpc) is 3.27.